The van der Waals surface area contributed by atoms with E-state index in [0.29, 0.717) is 28.7 Å². The van der Waals surface area contributed by atoms with E-state index in [4.69, 9.17) is 14.5 Å². The van der Waals surface area contributed by atoms with Crippen LogP contribution in [0.4, 0.5) is 16.5 Å². The average molecular weight is 540 g/mol. The van der Waals surface area contributed by atoms with Gasteiger partial charge in [-0.2, -0.15) is 0 Å². The zero-order valence-corrected chi connectivity index (χ0v) is 22.5. The Morgan fingerprint density at radius 1 is 1.13 bits per heavy atom. The molecule has 0 spiro atoms. The van der Waals surface area contributed by atoms with Gasteiger partial charge in [-0.3, -0.25) is 24.7 Å². The molecule has 2 aliphatic heterocycles. The van der Waals surface area contributed by atoms with Gasteiger partial charge in [-0.05, 0) is 49.9 Å². The van der Waals surface area contributed by atoms with E-state index in [1.165, 1.54) is 17.4 Å². The number of amides is 1. The molecule has 2 saturated heterocycles. The van der Waals surface area contributed by atoms with E-state index in [-0.39, 0.29) is 16.5 Å². The summed E-state index contributed by atoms with van der Waals surface area (Å²) >= 11 is 1.43. The van der Waals surface area contributed by atoms with E-state index in [1.807, 2.05) is 18.2 Å². The first-order valence-corrected chi connectivity index (χ1v) is 13.9. The first-order chi connectivity index (χ1) is 18.5. The van der Waals surface area contributed by atoms with E-state index in [9.17, 15) is 14.9 Å². The Labute approximate surface area is 225 Å². The Hall–Kier alpha value is -3.28. The van der Waals surface area contributed by atoms with Crippen molar-refractivity contribution in [2.75, 3.05) is 69.4 Å². The van der Waals surface area contributed by atoms with Crippen LogP contribution >= 0.6 is 11.3 Å². The van der Waals surface area contributed by atoms with Crippen LogP contribution in [-0.4, -0.2) is 80.3 Å². The number of aromatic nitrogens is 1. The van der Waals surface area contributed by atoms with Crippen molar-refractivity contribution in [3.05, 3.63) is 52.1 Å². The number of ether oxygens (including phenoxy) is 2. The van der Waals surface area contributed by atoms with Crippen molar-refractivity contribution in [1.29, 1.82) is 0 Å². The molecule has 1 aromatic heterocycles. The molecule has 11 heteroatoms. The Morgan fingerprint density at radius 3 is 2.66 bits per heavy atom. The molecule has 10 nitrogen and oxygen atoms in total. The van der Waals surface area contributed by atoms with Crippen LogP contribution in [0.3, 0.4) is 0 Å². The summed E-state index contributed by atoms with van der Waals surface area (Å²) < 4.78 is 11.7. The third-order valence-corrected chi connectivity index (χ3v) is 8.19. The molecule has 2 aromatic carbocycles. The molecule has 0 radical (unpaired) electrons. The van der Waals surface area contributed by atoms with Gasteiger partial charge in [-0.15, -0.1) is 0 Å². The van der Waals surface area contributed by atoms with E-state index in [2.05, 4.69) is 9.80 Å². The number of hydrogen-bond acceptors (Lipinski definition) is 9. The van der Waals surface area contributed by atoms with E-state index in [1.54, 1.807) is 24.1 Å². The van der Waals surface area contributed by atoms with Crippen molar-refractivity contribution in [2.45, 2.75) is 25.7 Å². The second-order valence-electron chi connectivity index (χ2n) is 9.60. The van der Waals surface area contributed by atoms with Gasteiger partial charge in [0.2, 0.25) is 0 Å². The Kier molecular flexibility index (Phi) is 8.35. The van der Waals surface area contributed by atoms with Crippen molar-refractivity contribution >= 4 is 44.0 Å². The van der Waals surface area contributed by atoms with Gasteiger partial charge in [0.1, 0.15) is 11.4 Å². The summed E-state index contributed by atoms with van der Waals surface area (Å²) in [6.07, 6.45) is 3.90. The van der Waals surface area contributed by atoms with Crippen molar-refractivity contribution < 1.29 is 19.2 Å². The predicted molar refractivity (Wildman–Crippen MR) is 149 cm³/mol. The number of anilines is 2. The topological polar surface area (TPSA) is 101 Å². The number of nitro benzene ring substituents is 1. The zero-order chi connectivity index (χ0) is 26.5. The molecule has 0 N–H and O–H groups in total. The normalized spacial score (nSPS) is 16.5. The lowest BCUT2D eigenvalue weighted by atomic mass is 10.1. The van der Waals surface area contributed by atoms with Crippen molar-refractivity contribution in [3.8, 4) is 5.75 Å². The van der Waals surface area contributed by atoms with Gasteiger partial charge in [0, 0.05) is 57.0 Å². The van der Waals surface area contributed by atoms with Gasteiger partial charge in [-0.1, -0.05) is 11.3 Å². The summed E-state index contributed by atoms with van der Waals surface area (Å²) in [4.78, 5) is 36.3. The van der Waals surface area contributed by atoms with Crippen molar-refractivity contribution in [3.63, 3.8) is 0 Å². The molecular formula is C27H33N5O5S. The predicted octanol–water partition coefficient (Wildman–Crippen LogP) is 4.57. The largest absolute Gasteiger partial charge is 0.497 e. The number of nitro groups is 1. The van der Waals surface area contributed by atoms with Crippen LogP contribution in [0.5, 0.6) is 5.75 Å². The van der Waals surface area contributed by atoms with Gasteiger partial charge in [0.25, 0.3) is 11.6 Å². The quantitative estimate of drug-likeness (QED) is 0.288. The van der Waals surface area contributed by atoms with Gasteiger partial charge >= 0.3 is 0 Å². The summed E-state index contributed by atoms with van der Waals surface area (Å²) in [7, 11) is 1.61. The molecule has 1 amide bonds. The number of hydrogen-bond donors (Lipinski definition) is 0. The molecule has 0 aliphatic carbocycles. The molecule has 0 atom stereocenters. The highest BCUT2D eigenvalue weighted by atomic mass is 32.1. The number of methoxy groups -OCH3 is 1. The van der Waals surface area contributed by atoms with Gasteiger partial charge in [-0.25, -0.2) is 4.98 Å². The van der Waals surface area contributed by atoms with E-state index >= 15 is 0 Å². The van der Waals surface area contributed by atoms with Crippen molar-refractivity contribution in [1.82, 2.24) is 9.88 Å². The maximum absolute atomic E-state index is 13.9. The summed E-state index contributed by atoms with van der Waals surface area (Å²) in [5.41, 5.74) is 1.60. The van der Waals surface area contributed by atoms with Crippen molar-refractivity contribution in [2.24, 2.45) is 0 Å². The number of benzene rings is 2. The number of carbonyl (C=O) groups excluding carboxylic acids is 1. The number of piperidine rings is 1. The molecule has 38 heavy (non-hydrogen) atoms. The molecule has 202 valence electrons. The number of thiazole rings is 1. The fourth-order valence-electron chi connectivity index (χ4n) is 5.06. The van der Waals surface area contributed by atoms with Gasteiger partial charge < -0.3 is 14.4 Å². The monoisotopic (exact) mass is 539 g/mol. The lowest BCUT2D eigenvalue weighted by Gasteiger charge is -2.29. The lowest BCUT2D eigenvalue weighted by Crippen LogP contribution is -2.39. The summed E-state index contributed by atoms with van der Waals surface area (Å²) in [6, 6.07) is 10.5. The number of carbonyl (C=O) groups is 1. The van der Waals surface area contributed by atoms with Crippen LogP contribution in [0.25, 0.3) is 10.2 Å². The molecular weight excluding hydrogens is 506 g/mol. The minimum Gasteiger partial charge on any atom is -0.497 e. The summed E-state index contributed by atoms with van der Waals surface area (Å²) in [5, 5.41) is 12.6. The number of nitrogens with zero attached hydrogens (tertiary/aromatic N) is 5. The maximum Gasteiger partial charge on any atom is 0.293 e. The lowest BCUT2D eigenvalue weighted by molar-refractivity contribution is -0.384. The number of morpholine rings is 1. The fourth-order valence-corrected chi connectivity index (χ4v) is 6.03. The minimum absolute atomic E-state index is 0.0277. The smallest absolute Gasteiger partial charge is 0.293 e. The van der Waals surface area contributed by atoms with Gasteiger partial charge in [0.05, 0.1) is 35.5 Å². The first kappa shape index (κ1) is 26.3. The molecule has 0 unspecified atom stereocenters. The standard InChI is InChI=1S/C27H33N5O5S/c1-36-21-7-9-25-22(19-21)28-27(38-25)31(13-5-10-29-14-16-37-17-15-29)26(33)20-6-8-23(24(18-20)32(34)35)30-11-3-2-4-12-30/h6-9,18-19H,2-5,10-17H2,1H3. The van der Waals surface area contributed by atoms with Crippen LogP contribution in [0.2, 0.25) is 0 Å². The molecule has 3 heterocycles. The highest BCUT2D eigenvalue weighted by Crippen LogP contribution is 2.34. The second-order valence-corrected chi connectivity index (χ2v) is 10.6. The SMILES string of the molecule is COc1ccc2sc(N(CCCN3CCOCC3)C(=O)c3ccc(N4CCCCC4)c([N+](=O)[O-])c3)nc2c1. The van der Waals surface area contributed by atoms with E-state index < -0.39 is 0 Å². The van der Waals surface area contributed by atoms with Crippen LogP contribution < -0.4 is 14.5 Å². The molecule has 2 aliphatic rings. The minimum atomic E-state index is -0.381. The van der Waals surface area contributed by atoms with Crippen LogP contribution in [0, 0.1) is 10.1 Å². The zero-order valence-electron chi connectivity index (χ0n) is 21.6. The summed E-state index contributed by atoms with van der Waals surface area (Å²) in [5.74, 6) is 0.412. The summed E-state index contributed by atoms with van der Waals surface area (Å²) in [6.45, 7) is 6.05. The Bertz CT molecular complexity index is 1290. The van der Waals surface area contributed by atoms with E-state index in [0.717, 1.165) is 81.8 Å². The molecule has 0 bridgehead atoms. The third kappa shape index (κ3) is 5.90. The highest BCUT2D eigenvalue weighted by molar-refractivity contribution is 7.22. The maximum atomic E-state index is 13.9. The third-order valence-electron chi connectivity index (χ3n) is 7.14. The van der Waals surface area contributed by atoms with Crippen LogP contribution in [0.15, 0.2) is 36.4 Å². The Morgan fingerprint density at radius 2 is 1.92 bits per heavy atom. The number of rotatable bonds is 9. The molecule has 3 aromatic rings. The molecule has 0 saturated carbocycles. The van der Waals surface area contributed by atoms with Crippen LogP contribution in [0.1, 0.15) is 36.0 Å². The fraction of sp³-hybridized carbons (Fsp3) is 0.481. The Balaban J connectivity index is 1.43. The highest BCUT2D eigenvalue weighted by Gasteiger charge is 2.27. The molecule has 2 fully saturated rings. The average Bonchev–Trinajstić information content (AvgIpc) is 3.38. The van der Waals surface area contributed by atoms with Crippen LogP contribution in [-0.2, 0) is 4.74 Å². The number of fused-ring (bicyclic) bond motifs is 1. The second kappa shape index (κ2) is 12.1. The first-order valence-electron chi connectivity index (χ1n) is 13.1. The molecule has 5 rings (SSSR count). The van der Waals surface area contributed by atoms with Gasteiger partial charge in [0.15, 0.2) is 5.13 Å².